The topological polar surface area (TPSA) is 76.5 Å². The van der Waals surface area contributed by atoms with Crippen LogP contribution in [0, 0.1) is 0 Å². The smallest absolute Gasteiger partial charge is 0.338 e. The molecule has 0 saturated heterocycles. The lowest BCUT2D eigenvalue weighted by Crippen LogP contribution is -2.47. The lowest BCUT2D eigenvalue weighted by Gasteiger charge is -2.34. The van der Waals surface area contributed by atoms with Gasteiger partial charge in [0.25, 0.3) is 0 Å². The van der Waals surface area contributed by atoms with E-state index in [4.69, 9.17) is 4.74 Å². The average molecular weight is 372 g/mol. The zero-order chi connectivity index (χ0) is 18.7. The van der Waals surface area contributed by atoms with Crippen molar-refractivity contribution < 1.29 is 14.3 Å². The van der Waals surface area contributed by atoms with Gasteiger partial charge in [-0.1, -0.05) is 42.1 Å². The molecule has 0 aliphatic carbocycles. The second kappa shape index (κ2) is 7.65. The summed E-state index contributed by atoms with van der Waals surface area (Å²) in [4.78, 5) is 30.8. The lowest BCUT2D eigenvalue weighted by atomic mass is 9.95. The summed E-state index contributed by atoms with van der Waals surface area (Å²) < 4.78 is 6.90. The van der Waals surface area contributed by atoms with Crippen molar-refractivity contribution in [2.24, 2.45) is 7.05 Å². The van der Waals surface area contributed by atoms with E-state index in [1.54, 1.807) is 13.2 Å². The maximum absolute atomic E-state index is 12.6. The van der Waals surface area contributed by atoms with E-state index in [0.717, 1.165) is 10.7 Å². The predicted octanol–water partition coefficient (Wildman–Crippen LogP) is 2.34. The van der Waals surface area contributed by atoms with E-state index in [1.807, 2.05) is 48.1 Å². The van der Waals surface area contributed by atoms with Gasteiger partial charge in [0.1, 0.15) is 0 Å². The van der Waals surface area contributed by atoms with Gasteiger partial charge in [-0.25, -0.2) is 14.6 Å². The number of nitrogens with zero attached hydrogens (tertiary/aromatic N) is 3. The highest BCUT2D eigenvalue weighted by Crippen LogP contribution is 2.33. The molecule has 0 unspecified atom stereocenters. The molecule has 1 N–H and O–H groups in total. The van der Waals surface area contributed by atoms with E-state index >= 15 is 0 Å². The zero-order valence-electron chi connectivity index (χ0n) is 14.8. The molecule has 0 spiro atoms. The number of carbonyl (C=O) groups excluding carboxylic acids is 2. The highest BCUT2D eigenvalue weighted by Gasteiger charge is 2.36. The number of esters is 1. The van der Waals surface area contributed by atoms with Crippen LogP contribution in [0.3, 0.4) is 0 Å². The Kier molecular flexibility index (Phi) is 5.32. The van der Waals surface area contributed by atoms with Crippen molar-refractivity contribution in [3.8, 4) is 0 Å². The van der Waals surface area contributed by atoms with Crippen LogP contribution < -0.4 is 5.32 Å². The Balaban J connectivity index is 2.02. The van der Waals surface area contributed by atoms with Crippen molar-refractivity contribution in [2.45, 2.75) is 11.2 Å². The fraction of sp³-hybridized carbons (Fsp3) is 0.278. The number of hydrogen-bond donors (Lipinski definition) is 1. The maximum Gasteiger partial charge on any atom is 0.338 e. The minimum atomic E-state index is -0.552. The highest BCUT2D eigenvalue weighted by molar-refractivity contribution is 7.99. The molecule has 2 heterocycles. The minimum Gasteiger partial charge on any atom is -0.466 e. The van der Waals surface area contributed by atoms with Crippen molar-refractivity contribution in [3.63, 3.8) is 0 Å². The molecule has 136 valence electrons. The number of methoxy groups -OCH3 is 1. The first kappa shape index (κ1) is 18.1. The van der Waals surface area contributed by atoms with Crippen LogP contribution in [0.5, 0.6) is 0 Å². The third kappa shape index (κ3) is 3.45. The van der Waals surface area contributed by atoms with Crippen molar-refractivity contribution in [3.05, 3.63) is 59.6 Å². The fourth-order valence-corrected chi connectivity index (χ4v) is 3.82. The SMILES string of the molecule is COC(=O)C1=C(CSc2nccn2C)N(C)C(=O)N[C@H]1c1ccccc1. The van der Waals surface area contributed by atoms with E-state index in [2.05, 4.69) is 10.3 Å². The number of ether oxygens (including phenoxy) is 1. The van der Waals surface area contributed by atoms with Gasteiger partial charge >= 0.3 is 12.0 Å². The van der Waals surface area contributed by atoms with Gasteiger partial charge in [-0.15, -0.1) is 0 Å². The van der Waals surface area contributed by atoms with Crippen molar-refractivity contribution in [1.29, 1.82) is 0 Å². The molecule has 1 aliphatic heterocycles. The number of imidazole rings is 1. The summed E-state index contributed by atoms with van der Waals surface area (Å²) >= 11 is 1.46. The minimum absolute atomic E-state index is 0.262. The van der Waals surface area contributed by atoms with Crippen LogP contribution in [0.2, 0.25) is 0 Å². The number of nitrogens with one attached hydrogen (secondary N) is 1. The second-order valence-electron chi connectivity index (χ2n) is 5.81. The molecular formula is C18H20N4O3S. The monoisotopic (exact) mass is 372 g/mol. The van der Waals surface area contributed by atoms with Crippen LogP contribution in [-0.4, -0.2) is 46.4 Å². The normalized spacial score (nSPS) is 17.3. The first-order valence-electron chi connectivity index (χ1n) is 8.03. The summed E-state index contributed by atoms with van der Waals surface area (Å²) in [7, 11) is 4.89. The van der Waals surface area contributed by atoms with Gasteiger partial charge in [0.15, 0.2) is 5.16 Å². The van der Waals surface area contributed by atoms with Crippen molar-refractivity contribution in [2.75, 3.05) is 19.9 Å². The maximum atomic E-state index is 12.6. The van der Waals surface area contributed by atoms with Gasteiger partial charge in [-0.2, -0.15) is 0 Å². The molecule has 0 fully saturated rings. The number of urea groups is 1. The summed E-state index contributed by atoms with van der Waals surface area (Å²) in [5, 5.41) is 3.68. The van der Waals surface area contributed by atoms with Gasteiger partial charge in [-0.3, -0.25) is 4.90 Å². The Morgan fingerprint density at radius 2 is 2.04 bits per heavy atom. The molecule has 0 bridgehead atoms. The Morgan fingerprint density at radius 1 is 1.31 bits per heavy atom. The molecule has 3 rings (SSSR count). The summed E-state index contributed by atoms with van der Waals surface area (Å²) in [6.45, 7) is 0. The van der Waals surface area contributed by atoms with Crippen LogP contribution in [0.15, 0.2) is 59.2 Å². The summed E-state index contributed by atoms with van der Waals surface area (Å²) in [6.07, 6.45) is 3.56. The molecule has 1 atom stereocenters. The molecule has 7 nitrogen and oxygen atoms in total. The van der Waals surface area contributed by atoms with Gasteiger partial charge < -0.3 is 14.6 Å². The molecule has 26 heavy (non-hydrogen) atoms. The van der Waals surface area contributed by atoms with E-state index in [1.165, 1.54) is 23.8 Å². The van der Waals surface area contributed by atoms with Crippen LogP contribution >= 0.6 is 11.8 Å². The third-order valence-corrected chi connectivity index (χ3v) is 5.30. The molecule has 0 saturated carbocycles. The number of benzene rings is 1. The Labute approximate surface area is 156 Å². The molecule has 2 aromatic rings. The highest BCUT2D eigenvalue weighted by atomic mass is 32.2. The summed E-state index contributed by atoms with van der Waals surface area (Å²) in [5.41, 5.74) is 1.87. The van der Waals surface area contributed by atoms with Gasteiger partial charge in [-0.05, 0) is 5.56 Å². The first-order chi connectivity index (χ1) is 12.5. The molecule has 0 radical (unpaired) electrons. The number of carbonyl (C=O) groups is 2. The van der Waals surface area contributed by atoms with Crippen molar-refractivity contribution >= 4 is 23.8 Å². The van der Waals surface area contributed by atoms with E-state index in [9.17, 15) is 9.59 Å². The molecule has 8 heteroatoms. The summed E-state index contributed by atoms with van der Waals surface area (Å²) in [6, 6.07) is 8.57. The average Bonchev–Trinajstić information content (AvgIpc) is 3.07. The van der Waals surface area contributed by atoms with Crippen LogP contribution in [0.4, 0.5) is 4.79 Å². The van der Waals surface area contributed by atoms with Crippen molar-refractivity contribution in [1.82, 2.24) is 19.8 Å². The van der Waals surface area contributed by atoms with Gasteiger partial charge in [0.05, 0.1) is 18.7 Å². The first-order valence-corrected chi connectivity index (χ1v) is 9.02. The van der Waals surface area contributed by atoms with Gasteiger partial charge in [0, 0.05) is 37.9 Å². The standard InChI is InChI=1S/C18H20N4O3S/c1-21-10-9-19-18(21)26-11-13-14(16(23)25-3)15(20-17(24)22(13)2)12-7-5-4-6-8-12/h4-10,15H,11H2,1-3H3,(H,20,24)/t15-/m0/s1. The van der Waals surface area contributed by atoms with E-state index in [0.29, 0.717) is 17.0 Å². The van der Waals surface area contributed by atoms with Crippen LogP contribution in [0.25, 0.3) is 0 Å². The molecule has 1 aromatic carbocycles. The number of aryl methyl sites for hydroxylation is 1. The molecule has 2 amide bonds. The second-order valence-corrected chi connectivity index (χ2v) is 6.76. The lowest BCUT2D eigenvalue weighted by molar-refractivity contribution is -0.136. The number of rotatable bonds is 5. The Hall–Kier alpha value is -2.74. The van der Waals surface area contributed by atoms with Gasteiger partial charge in [0.2, 0.25) is 0 Å². The number of thioether (sulfide) groups is 1. The largest absolute Gasteiger partial charge is 0.466 e. The predicted molar refractivity (Wildman–Crippen MR) is 98.5 cm³/mol. The number of aromatic nitrogens is 2. The fourth-order valence-electron chi connectivity index (χ4n) is 2.80. The third-order valence-electron chi connectivity index (χ3n) is 4.23. The number of amides is 2. The summed E-state index contributed by atoms with van der Waals surface area (Å²) in [5.74, 6) is -0.0381. The Morgan fingerprint density at radius 3 is 2.65 bits per heavy atom. The molecule has 1 aromatic heterocycles. The van der Waals surface area contributed by atoms with E-state index in [-0.39, 0.29) is 6.03 Å². The molecule has 1 aliphatic rings. The van der Waals surface area contributed by atoms with Crippen LogP contribution in [0.1, 0.15) is 11.6 Å². The Bertz CT molecular complexity index is 847. The quantitative estimate of drug-likeness (QED) is 0.644. The van der Waals surface area contributed by atoms with E-state index < -0.39 is 12.0 Å². The van der Waals surface area contributed by atoms with Crippen LogP contribution in [-0.2, 0) is 16.6 Å². The number of hydrogen-bond acceptors (Lipinski definition) is 5. The molecular weight excluding hydrogens is 352 g/mol. The zero-order valence-corrected chi connectivity index (χ0v) is 15.6.